The summed E-state index contributed by atoms with van der Waals surface area (Å²) in [5.74, 6) is 2.21. The van der Waals surface area contributed by atoms with Crippen LogP contribution in [0.25, 0.3) is 0 Å². The number of nitrogens with one attached hydrogen (secondary N) is 1. The number of carbonyl (C=O) groups excluding carboxylic acids is 2. The van der Waals surface area contributed by atoms with Gasteiger partial charge in [0.2, 0.25) is 5.91 Å². The predicted octanol–water partition coefficient (Wildman–Crippen LogP) is 1.58. The highest BCUT2D eigenvalue weighted by molar-refractivity contribution is 7.99. The summed E-state index contributed by atoms with van der Waals surface area (Å²) < 4.78 is 4.57. The molecule has 2 atom stereocenters. The maximum absolute atomic E-state index is 12.2. The van der Waals surface area contributed by atoms with E-state index in [1.807, 2.05) is 0 Å². The van der Waals surface area contributed by atoms with Crippen LogP contribution < -0.4 is 11.1 Å². The smallest absolute Gasteiger partial charge is 0.315 e. The van der Waals surface area contributed by atoms with E-state index in [9.17, 15) is 9.59 Å². The van der Waals surface area contributed by atoms with Crippen molar-refractivity contribution in [1.29, 1.82) is 0 Å². The first-order valence-corrected chi connectivity index (χ1v) is 8.95. The van der Waals surface area contributed by atoms with Crippen LogP contribution in [-0.4, -0.2) is 43.1 Å². The van der Waals surface area contributed by atoms with E-state index >= 15 is 0 Å². The molecule has 22 heavy (non-hydrogen) atoms. The summed E-state index contributed by atoms with van der Waals surface area (Å²) in [6.45, 7) is 0.610. The van der Waals surface area contributed by atoms with Gasteiger partial charge in [0.25, 0.3) is 0 Å². The zero-order valence-corrected chi connectivity index (χ0v) is 14.7. The van der Waals surface area contributed by atoms with Crippen LogP contribution in [0.4, 0.5) is 0 Å². The Morgan fingerprint density at radius 3 is 2.50 bits per heavy atom. The molecular formula is C15H27ClN2O3S. The lowest BCUT2D eigenvalue weighted by Gasteiger charge is -2.43. The molecule has 2 bridgehead atoms. The van der Waals surface area contributed by atoms with Gasteiger partial charge in [0.05, 0.1) is 12.9 Å². The van der Waals surface area contributed by atoms with Crippen molar-refractivity contribution >= 4 is 36.0 Å². The number of ether oxygens (including phenoxy) is 1. The van der Waals surface area contributed by atoms with Crippen molar-refractivity contribution < 1.29 is 14.3 Å². The van der Waals surface area contributed by atoms with E-state index in [-0.39, 0.29) is 30.2 Å². The molecule has 2 rings (SSSR count). The Kier molecular flexibility index (Phi) is 8.57. The van der Waals surface area contributed by atoms with Gasteiger partial charge in [-0.3, -0.25) is 9.59 Å². The third-order valence-electron chi connectivity index (χ3n) is 4.78. The molecule has 0 aromatic rings. The average Bonchev–Trinajstić information content (AvgIpc) is 2.46. The molecule has 128 valence electrons. The molecule has 2 aliphatic rings. The molecule has 0 spiro atoms. The van der Waals surface area contributed by atoms with Gasteiger partial charge in [0.15, 0.2) is 0 Å². The first-order chi connectivity index (χ1) is 10.1. The second-order valence-electron chi connectivity index (χ2n) is 6.12. The third kappa shape index (κ3) is 5.32. The van der Waals surface area contributed by atoms with Gasteiger partial charge in [-0.15, -0.1) is 24.2 Å². The van der Waals surface area contributed by atoms with Crippen LogP contribution in [0.2, 0.25) is 0 Å². The largest absolute Gasteiger partial charge is 0.468 e. The van der Waals surface area contributed by atoms with E-state index in [0.717, 1.165) is 18.6 Å². The first-order valence-electron chi connectivity index (χ1n) is 7.79. The number of esters is 1. The van der Waals surface area contributed by atoms with E-state index in [1.54, 1.807) is 0 Å². The van der Waals surface area contributed by atoms with E-state index in [2.05, 4.69) is 10.1 Å². The topological polar surface area (TPSA) is 81.4 Å². The third-order valence-corrected chi connectivity index (χ3v) is 5.71. The van der Waals surface area contributed by atoms with Crippen LogP contribution in [0.15, 0.2) is 0 Å². The molecule has 2 fully saturated rings. The molecule has 3 N–H and O–H groups in total. The number of methoxy groups -OCH3 is 1. The van der Waals surface area contributed by atoms with E-state index < -0.39 is 0 Å². The van der Waals surface area contributed by atoms with Crippen LogP contribution in [0.3, 0.4) is 0 Å². The zero-order chi connectivity index (χ0) is 15.2. The lowest BCUT2D eigenvalue weighted by Crippen LogP contribution is -2.49. The quantitative estimate of drug-likeness (QED) is 0.561. The Labute approximate surface area is 142 Å². The van der Waals surface area contributed by atoms with Crippen molar-refractivity contribution in [3.05, 3.63) is 0 Å². The Bertz CT molecular complexity index is 370. The SMILES string of the molecule is COC(=O)CSCCNC(=O)C1CC2CCCC(C1)C2N.Cl. The normalized spacial score (nSPS) is 30.1. The minimum atomic E-state index is -0.222. The molecule has 2 unspecified atom stereocenters. The van der Waals surface area contributed by atoms with Crippen LogP contribution in [0.5, 0.6) is 0 Å². The molecule has 7 heteroatoms. The molecule has 1 amide bonds. The maximum atomic E-state index is 12.2. The minimum absolute atomic E-state index is 0. The number of halogens is 1. The lowest BCUT2D eigenvalue weighted by atomic mass is 9.65. The lowest BCUT2D eigenvalue weighted by molar-refractivity contribution is -0.137. The van der Waals surface area contributed by atoms with E-state index in [4.69, 9.17) is 5.73 Å². The van der Waals surface area contributed by atoms with E-state index in [1.165, 1.54) is 38.1 Å². The van der Waals surface area contributed by atoms with Gasteiger partial charge in [-0.2, -0.15) is 0 Å². The monoisotopic (exact) mass is 350 g/mol. The summed E-state index contributed by atoms with van der Waals surface area (Å²) in [6.07, 6.45) is 5.51. The van der Waals surface area contributed by atoms with Gasteiger partial charge >= 0.3 is 5.97 Å². The zero-order valence-electron chi connectivity index (χ0n) is 13.1. The molecule has 2 saturated carbocycles. The van der Waals surface area contributed by atoms with Crippen molar-refractivity contribution in [1.82, 2.24) is 5.32 Å². The Morgan fingerprint density at radius 1 is 1.27 bits per heavy atom. The minimum Gasteiger partial charge on any atom is -0.468 e. The summed E-state index contributed by atoms with van der Waals surface area (Å²) in [5, 5.41) is 3.00. The molecule has 0 aromatic carbocycles. The number of fused-ring (bicyclic) bond motifs is 2. The number of hydrogen-bond acceptors (Lipinski definition) is 5. The molecule has 2 aliphatic carbocycles. The number of thioether (sulfide) groups is 1. The number of amides is 1. The van der Waals surface area contributed by atoms with Gasteiger partial charge in [-0.25, -0.2) is 0 Å². The fourth-order valence-electron chi connectivity index (χ4n) is 3.61. The summed E-state index contributed by atoms with van der Waals surface area (Å²) in [7, 11) is 1.38. The molecule has 0 radical (unpaired) electrons. The number of nitrogens with two attached hydrogens (primary N) is 1. The predicted molar refractivity (Wildman–Crippen MR) is 91.1 cm³/mol. The number of rotatable bonds is 6. The summed E-state index contributed by atoms with van der Waals surface area (Å²) in [5.41, 5.74) is 6.25. The second kappa shape index (κ2) is 9.63. The van der Waals surface area contributed by atoms with Crippen LogP contribution in [0.1, 0.15) is 32.1 Å². The Balaban J connectivity index is 0.00000242. The van der Waals surface area contributed by atoms with Gasteiger partial charge in [0.1, 0.15) is 0 Å². The molecule has 0 aromatic heterocycles. The number of carbonyl (C=O) groups is 2. The van der Waals surface area contributed by atoms with E-state index in [0.29, 0.717) is 30.2 Å². The average molecular weight is 351 g/mol. The molecule has 5 nitrogen and oxygen atoms in total. The standard InChI is InChI=1S/C15H26N2O3S.ClH/c1-20-13(18)9-21-6-5-17-15(19)12-7-10-3-2-4-11(8-12)14(10)16;/h10-12,14H,2-9,16H2,1H3,(H,17,19);1H. The fourth-order valence-corrected chi connectivity index (χ4v) is 4.28. The molecular weight excluding hydrogens is 324 g/mol. The van der Waals surface area contributed by atoms with Crippen molar-refractivity contribution in [3.8, 4) is 0 Å². The van der Waals surface area contributed by atoms with Gasteiger partial charge in [-0.05, 0) is 37.5 Å². The van der Waals surface area contributed by atoms with Crippen LogP contribution in [0, 0.1) is 17.8 Å². The number of hydrogen-bond donors (Lipinski definition) is 2. The summed E-state index contributed by atoms with van der Waals surface area (Å²) in [6, 6.07) is 0.304. The van der Waals surface area contributed by atoms with Gasteiger partial charge in [-0.1, -0.05) is 6.42 Å². The molecule has 0 saturated heterocycles. The van der Waals surface area contributed by atoms with Crippen LogP contribution in [-0.2, 0) is 14.3 Å². The maximum Gasteiger partial charge on any atom is 0.315 e. The second-order valence-corrected chi connectivity index (χ2v) is 7.22. The molecule has 0 heterocycles. The summed E-state index contributed by atoms with van der Waals surface area (Å²) >= 11 is 1.48. The highest BCUT2D eigenvalue weighted by Crippen LogP contribution is 2.41. The highest BCUT2D eigenvalue weighted by Gasteiger charge is 2.40. The van der Waals surface area contributed by atoms with Crippen molar-refractivity contribution in [3.63, 3.8) is 0 Å². The highest BCUT2D eigenvalue weighted by atomic mass is 35.5. The van der Waals surface area contributed by atoms with Gasteiger partial charge < -0.3 is 15.8 Å². The van der Waals surface area contributed by atoms with Crippen LogP contribution >= 0.6 is 24.2 Å². The van der Waals surface area contributed by atoms with Gasteiger partial charge in [0, 0.05) is 24.3 Å². The van der Waals surface area contributed by atoms with Crippen molar-refractivity contribution in [2.24, 2.45) is 23.5 Å². The Hall–Kier alpha value is -0.460. The summed E-state index contributed by atoms with van der Waals surface area (Å²) in [4.78, 5) is 23.2. The first kappa shape index (κ1) is 19.6. The fraction of sp³-hybridized carbons (Fsp3) is 0.867. The van der Waals surface area contributed by atoms with Crippen molar-refractivity contribution in [2.45, 2.75) is 38.1 Å². The Morgan fingerprint density at radius 2 is 1.91 bits per heavy atom. The van der Waals surface area contributed by atoms with Crippen molar-refractivity contribution in [2.75, 3.05) is 25.2 Å². The molecule has 0 aliphatic heterocycles.